The Hall–Kier alpha value is -11.1. The van der Waals surface area contributed by atoms with E-state index in [4.69, 9.17) is 94.9 Å². The second-order valence-electron chi connectivity index (χ2n) is 23.3. The Labute approximate surface area is 596 Å². The molecular formula is C56H110N34O11S. The number of nitrogens with one attached hydrogen (secondary N) is 25. The third-order valence-corrected chi connectivity index (χ3v) is 14.9. The van der Waals surface area contributed by atoms with Gasteiger partial charge < -0.3 is 142 Å². The summed E-state index contributed by atoms with van der Waals surface area (Å²) in [6.45, 7) is 0.689. The van der Waals surface area contributed by atoms with E-state index in [0.717, 1.165) is 0 Å². The van der Waals surface area contributed by atoms with Gasteiger partial charge in [-0.25, -0.2) is 0 Å². The molecule has 9 atom stereocenters. The van der Waals surface area contributed by atoms with Crippen molar-refractivity contribution in [2.45, 2.75) is 177 Å². The Morgan fingerprint density at radius 1 is 0.284 bits per heavy atom. The third kappa shape index (κ3) is 44.7. The van der Waals surface area contributed by atoms with Crippen LogP contribution >= 0.6 is 12.6 Å². The van der Waals surface area contributed by atoms with Crippen LogP contribution in [-0.2, 0) is 52.7 Å². The summed E-state index contributed by atoms with van der Waals surface area (Å²) >= 11 is 4.09. The molecule has 576 valence electrons. The van der Waals surface area contributed by atoms with Crippen molar-refractivity contribution >= 4 is 125 Å². The maximum atomic E-state index is 14.8. The van der Waals surface area contributed by atoms with Crippen molar-refractivity contribution in [2.75, 3.05) is 58.1 Å². The first-order valence-electron chi connectivity index (χ1n) is 32.8. The minimum absolute atomic E-state index is 0.0112. The maximum absolute atomic E-state index is 14.8. The fraction of sp³-hybridized carbons (Fsp3) is 0.661. The fourth-order valence-corrected chi connectivity index (χ4v) is 9.63. The molecule has 0 rings (SSSR count). The number of nitrogens with two attached hydrogens (primary N) is 9. The number of unbranched alkanes of at least 4 members (excludes halogenated alkanes) is 1. The Morgan fingerprint density at radius 3 is 0.657 bits per heavy atom. The van der Waals surface area contributed by atoms with Gasteiger partial charge in [-0.1, -0.05) is 6.42 Å². The van der Waals surface area contributed by atoms with Crippen LogP contribution in [0.3, 0.4) is 0 Å². The van der Waals surface area contributed by atoms with E-state index in [-0.39, 0.29) is 173 Å². The highest BCUT2D eigenvalue weighted by atomic mass is 32.1. The molecule has 0 aliphatic rings. The van der Waals surface area contributed by atoms with Crippen molar-refractivity contribution in [1.82, 2.24) is 90.4 Å². The molecule has 45 nitrogen and oxygen atoms in total. The zero-order chi connectivity index (χ0) is 77.3. The van der Waals surface area contributed by atoms with Gasteiger partial charge in [0.25, 0.3) is 0 Å². The molecule has 0 aromatic carbocycles. The molecule has 0 fully saturated rings. The Morgan fingerprint density at radius 2 is 0.480 bits per heavy atom. The van der Waals surface area contributed by atoms with Crippen molar-refractivity contribution in [3.63, 3.8) is 0 Å². The van der Waals surface area contributed by atoms with Crippen LogP contribution in [0.15, 0.2) is 0 Å². The highest BCUT2D eigenvalue weighted by Crippen LogP contribution is 2.12. The van der Waals surface area contributed by atoms with Gasteiger partial charge in [0.1, 0.15) is 54.4 Å². The van der Waals surface area contributed by atoms with Crippen molar-refractivity contribution in [2.24, 2.45) is 51.6 Å². The lowest BCUT2D eigenvalue weighted by Gasteiger charge is -2.28. The molecule has 0 saturated heterocycles. The lowest BCUT2D eigenvalue weighted by molar-refractivity contribution is -0.136. The van der Waals surface area contributed by atoms with Crippen LogP contribution in [0.2, 0.25) is 0 Å². The quantitative estimate of drug-likeness (QED) is 0.0116. The largest absolute Gasteiger partial charge is 0.388 e. The molecule has 46 heteroatoms. The molecular weight excluding hydrogens is 1360 g/mol. The van der Waals surface area contributed by atoms with E-state index in [1.807, 2.05) is 0 Å². The lowest BCUT2D eigenvalue weighted by atomic mass is 10.0. The number of guanidine groups is 7. The van der Waals surface area contributed by atoms with Gasteiger partial charge in [0.2, 0.25) is 65.0 Å². The molecule has 0 radical (unpaired) electrons. The average Bonchev–Trinajstić information content (AvgIpc) is 0.853. The van der Waals surface area contributed by atoms with Crippen molar-refractivity contribution in [1.29, 1.82) is 43.3 Å². The third-order valence-electron chi connectivity index (χ3n) is 14.5. The van der Waals surface area contributed by atoms with E-state index < -0.39 is 162 Å². The summed E-state index contributed by atoms with van der Waals surface area (Å²) in [5.74, 6) is -13.1. The Balaban J connectivity index is 7.80. The lowest BCUT2D eigenvalue weighted by Crippen LogP contribution is -2.60. The van der Waals surface area contributed by atoms with Gasteiger partial charge in [-0.15, -0.1) is 0 Å². The molecule has 102 heavy (non-hydrogen) atoms. The molecule has 0 spiro atoms. The predicted molar refractivity (Wildman–Crippen MR) is 384 cm³/mol. The smallest absolute Gasteiger partial charge is 0.243 e. The SMILES string of the molecule is CC(=O)NCC(=O)N[C@H](CCCNC(=N)N)C(=O)N[C@H](CCCNC(=N)N)C(=O)N[C@H](CCCNC(=N)N)C(=O)N[C@H](CCCNC(=N)N)C(=O)N[C@H](CCCNC(=N)N)C(=O)N[C@H](CCCNC(=N)N)C(=O)N[C@H](CCCNC(=N)N)C(=O)N[C@H](CCCCC(=N)N)C(=O)N[C@H](CS)C(N)=O. The van der Waals surface area contributed by atoms with Gasteiger partial charge in [0.15, 0.2) is 41.7 Å². The molecule has 0 bridgehead atoms. The summed E-state index contributed by atoms with van der Waals surface area (Å²) in [5, 5.41) is 105. The average molecular weight is 1470 g/mol. The van der Waals surface area contributed by atoms with E-state index in [9.17, 15) is 52.7 Å². The minimum atomic E-state index is -1.59. The summed E-state index contributed by atoms with van der Waals surface area (Å²) in [7, 11) is 0. The second kappa shape index (κ2) is 52.0. The van der Waals surface area contributed by atoms with Crippen LogP contribution in [0.1, 0.15) is 122 Å². The Bertz CT molecular complexity index is 2850. The van der Waals surface area contributed by atoms with Gasteiger partial charge in [0.05, 0.1) is 12.4 Å². The first-order valence-corrected chi connectivity index (χ1v) is 33.4. The van der Waals surface area contributed by atoms with Gasteiger partial charge in [-0.05, 0) is 103 Å². The monoisotopic (exact) mass is 1470 g/mol. The van der Waals surface area contributed by atoms with Gasteiger partial charge in [0, 0.05) is 64.9 Å². The fourth-order valence-electron chi connectivity index (χ4n) is 9.35. The zero-order valence-electron chi connectivity index (χ0n) is 57.4. The first kappa shape index (κ1) is 90.9. The van der Waals surface area contributed by atoms with Crippen LogP contribution in [0, 0.1) is 43.3 Å². The summed E-state index contributed by atoms with van der Waals surface area (Å²) in [5.41, 5.74) is 49.5. The predicted octanol–water partition coefficient (Wildman–Crippen LogP) is -10.8. The summed E-state index contributed by atoms with van der Waals surface area (Å²) in [4.78, 5) is 152. The number of primary amides is 1. The number of thiol groups is 1. The molecule has 0 aliphatic heterocycles. The highest BCUT2D eigenvalue weighted by Gasteiger charge is 2.36. The summed E-state index contributed by atoms with van der Waals surface area (Å²) in [6.07, 6.45) is -0.319. The normalized spacial score (nSPS) is 13.2. The highest BCUT2D eigenvalue weighted by molar-refractivity contribution is 7.80. The number of rotatable bonds is 54. The van der Waals surface area contributed by atoms with Gasteiger partial charge in [-0.2, -0.15) is 12.6 Å². The van der Waals surface area contributed by atoms with E-state index in [2.05, 4.69) is 103 Å². The standard InChI is InChI=1S/C56H110N34O11S/c1-29(91)81-27-40(92)82-30(12-4-20-74-50(60)61)42(94)84-32(13-5-21-75-51(62)63)44(96)86-34(15-7-23-77-53(66)67)46(98)88-36(17-9-25-79-55(70)71)48(100)89-37(18-10-26-80-56(72)73)47(99)87-35(16-8-24-78-54(68)69)45(97)85-33(14-6-22-76-52(64)65)43(95)83-31(11-2-3-19-39(57)58)49(101)90-38(28-102)41(59)93/h30-38,102H,2-28H2,1H3,(H3,57,58)(H2,59,93)(H,81,91)(H,82,92)(H,83,95)(H,84,94)(H,85,97)(H,86,96)(H,87,99)(H,88,98)(H,89,100)(H,90,101)(H4,60,61,74)(H4,62,63,75)(H4,64,65,76)(H4,66,67,77)(H4,68,69,78)(H4,70,71,79)(H4,72,73,80)/t30-,31-,32-,33-,34-,35-,36-,37-,38-/m1/s1. The molecule has 0 heterocycles. The topological polar surface area (TPSA) is 817 Å². The molecule has 11 amide bonds. The maximum Gasteiger partial charge on any atom is 0.243 e. The van der Waals surface area contributed by atoms with Crippen molar-refractivity contribution in [3.8, 4) is 0 Å². The van der Waals surface area contributed by atoms with Crippen LogP contribution < -0.4 is 142 Å². The Kier molecular flexibility index (Phi) is 46.3. The van der Waals surface area contributed by atoms with Crippen LogP contribution in [-0.4, -0.2) is 225 Å². The van der Waals surface area contributed by atoms with Crippen LogP contribution in [0.4, 0.5) is 0 Å². The van der Waals surface area contributed by atoms with E-state index in [0.29, 0.717) is 6.42 Å². The molecule has 0 aliphatic carbocycles. The van der Waals surface area contributed by atoms with E-state index in [1.165, 1.54) is 6.92 Å². The number of carbonyl (C=O) groups excluding carboxylic acids is 11. The molecule has 0 aromatic rings. The summed E-state index contributed by atoms with van der Waals surface area (Å²) in [6, 6.07) is -13.2. The van der Waals surface area contributed by atoms with Crippen LogP contribution in [0.5, 0.6) is 0 Å². The van der Waals surface area contributed by atoms with Crippen LogP contribution in [0.25, 0.3) is 0 Å². The number of carbonyl (C=O) groups is 11. The van der Waals surface area contributed by atoms with E-state index >= 15 is 0 Å². The van der Waals surface area contributed by atoms with Crippen molar-refractivity contribution in [3.05, 3.63) is 0 Å². The van der Waals surface area contributed by atoms with Gasteiger partial charge >= 0.3 is 0 Å². The minimum Gasteiger partial charge on any atom is -0.388 e. The van der Waals surface area contributed by atoms with Crippen molar-refractivity contribution < 1.29 is 52.7 Å². The van der Waals surface area contributed by atoms with E-state index in [1.54, 1.807) is 0 Å². The summed E-state index contributed by atoms with van der Waals surface area (Å²) < 4.78 is 0. The number of amidine groups is 1. The molecule has 0 unspecified atom stereocenters. The molecule has 0 aromatic heterocycles. The first-order chi connectivity index (χ1) is 48.1. The van der Waals surface area contributed by atoms with Gasteiger partial charge in [-0.3, -0.25) is 96.0 Å². The molecule has 0 saturated carbocycles. The zero-order valence-corrected chi connectivity index (χ0v) is 58.3. The number of hydrogen-bond donors (Lipinski definition) is 35. The second-order valence-corrected chi connectivity index (χ2v) is 23.6. The molecule has 43 N–H and O–H groups in total. The number of amides is 11. The number of hydrogen-bond acceptors (Lipinski definition) is 20.